The zero-order chi connectivity index (χ0) is 13.5. The average molecular weight is 255 g/mol. The lowest BCUT2D eigenvalue weighted by Crippen LogP contribution is -2.40. The summed E-state index contributed by atoms with van der Waals surface area (Å²) < 4.78 is 0. The van der Waals surface area contributed by atoms with Crippen LogP contribution in [0.2, 0.25) is 0 Å². The van der Waals surface area contributed by atoms with Gasteiger partial charge in [0.05, 0.1) is 6.10 Å². The number of hydrogen-bond donors (Lipinski definition) is 1. The zero-order valence-corrected chi connectivity index (χ0v) is 12.9. The fourth-order valence-corrected chi connectivity index (χ4v) is 3.18. The monoisotopic (exact) mass is 255 g/mol. The maximum absolute atomic E-state index is 10.2. The van der Waals surface area contributed by atoms with Gasteiger partial charge < -0.3 is 10.0 Å². The van der Waals surface area contributed by atoms with E-state index < -0.39 is 0 Å². The molecule has 0 aliphatic heterocycles. The first-order valence-electron chi connectivity index (χ1n) is 7.98. The predicted molar refractivity (Wildman–Crippen MR) is 78.7 cm³/mol. The average Bonchev–Trinajstić information content (AvgIpc) is 2.36. The van der Waals surface area contributed by atoms with Crippen LogP contribution in [0.1, 0.15) is 59.8 Å². The summed E-state index contributed by atoms with van der Waals surface area (Å²) in [4.78, 5) is 2.53. The van der Waals surface area contributed by atoms with Crippen molar-refractivity contribution < 1.29 is 5.11 Å². The van der Waals surface area contributed by atoms with E-state index in [1.807, 2.05) is 0 Å². The fraction of sp³-hybridized carbons (Fsp3) is 1.00. The summed E-state index contributed by atoms with van der Waals surface area (Å²) in [6, 6.07) is 0. The number of hydrogen-bond acceptors (Lipinski definition) is 2. The molecule has 0 heterocycles. The molecule has 0 amide bonds. The van der Waals surface area contributed by atoms with E-state index in [2.05, 4.69) is 32.6 Å². The van der Waals surface area contributed by atoms with Crippen LogP contribution in [0.4, 0.5) is 0 Å². The van der Waals surface area contributed by atoms with E-state index >= 15 is 0 Å². The van der Waals surface area contributed by atoms with Crippen LogP contribution in [0, 0.1) is 17.8 Å². The number of aliphatic hydroxyl groups is 1. The number of aliphatic hydroxyl groups excluding tert-OH is 1. The number of rotatable bonds is 7. The van der Waals surface area contributed by atoms with E-state index in [-0.39, 0.29) is 6.10 Å². The molecule has 0 spiro atoms. The van der Waals surface area contributed by atoms with Gasteiger partial charge in [0, 0.05) is 6.54 Å². The van der Waals surface area contributed by atoms with E-state index in [0.29, 0.717) is 5.92 Å². The molecule has 1 saturated carbocycles. The summed E-state index contributed by atoms with van der Waals surface area (Å²) in [5.41, 5.74) is 0. The number of unbranched alkanes of at least 4 members (excludes halogenated alkanes) is 1. The summed E-state index contributed by atoms with van der Waals surface area (Å²) >= 11 is 0. The van der Waals surface area contributed by atoms with E-state index in [1.165, 1.54) is 32.2 Å². The Labute approximate surface area is 114 Å². The van der Waals surface area contributed by atoms with Crippen LogP contribution < -0.4 is 0 Å². The normalized spacial score (nSPS) is 29.2. The predicted octanol–water partition coefficient (Wildman–Crippen LogP) is 3.54. The Kier molecular flexibility index (Phi) is 7.25. The van der Waals surface area contributed by atoms with Gasteiger partial charge in [0.25, 0.3) is 0 Å². The molecule has 0 aromatic rings. The van der Waals surface area contributed by atoms with Crippen LogP contribution in [-0.4, -0.2) is 35.7 Å². The second-order valence-corrected chi connectivity index (χ2v) is 6.39. The molecule has 3 atom stereocenters. The highest BCUT2D eigenvalue weighted by molar-refractivity contribution is 4.83. The molecule has 1 aliphatic rings. The lowest BCUT2D eigenvalue weighted by molar-refractivity contribution is 0.0191. The summed E-state index contributed by atoms with van der Waals surface area (Å²) in [5, 5.41) is 10.2. The highest BCUT2D eigenvalue weighted by Gasteiger charge is 2.31. The molecule has 1 aliphatic carbocycles. The Morgan fingerprint density at radius 2 is 1.94 bits per heavy atom. The molecule has 1 N–H and O–H groups in total. The molecule has 0 aromatic heterocycles. The standard InChI is InChI=1S/C16H33NO/c1-5-7-10-17(6-2)12-15-11-14(13(3)4)8-9-16(15)18/h13-16,18H,5-12H2,1-4H3. The van der Waals surface area contributed by atoms with Crippen molar-refractivity contribution in [2.24, 2.45) is 17.8 Å². The van der Waals surface area contributed by atoms with Crippen molar-refractivity contribution in [2.75, 3.05) is 19.6 Å². The van der Waals surface area contributed by atoms with Crippen LogP contribution >= 0.6 is 0 Å². The molecule has 1 rings (SSSR count). The Morgan fingerprint density at radius 1 is 1.22 bits per heavy atom. The third kappa shape index (κ3) is 4.89. The van der Waals surface area contributed by atoms with Crippen molar-refractivity contribution in [1.82, 2.24) is 4.90 Å². The molecule has 3 unspecified atom stereocenters. The molecule has 0 radical (unpaired) electrons. The van der Waals surface area contributed by atoms with Crippen LogP contribution in [-0.2, 0) is 0 Å². The van der Waals surface area contributed by atoms with Gasteiger partial charge in [0.15, 0.2) is 0 Å². The highest BCUT2D eigenvalue weighted by atomic mass is 16.3. The molecular formula is C16H33NO. The largest absolute Gasteiger partial charge is 0.393 e. The van der Waals surface area contributed by atoms with Gasteiger partial charge in [-0.25, -0.2) is 0 Å². The third-order valence-electron chi connectivity index (χ3n) is 4.69. The first kappa shape index (κ1) is 16.0. The molecule has 0 saturated heterocycles. The highest BCUT2D eigenvalue weighted by Crippen LogP contribution is 2.34. The van der Waals surface area contributed by atoms with Crippen LogP contribution in [0.5, 0.6) is 0 Å². The Balaban J connectivity index is 2.46. The first-order valence-corrected chi connectivity index (χ1v) is 7.98. The van der Waals surface area contributed by atoms with E-state index in [4.69, 9.17) is 0 Å². The lowest BCUT2D eigenvalue weighted by Gasteiger charge is -2.38. The zero-order valence-electron chi connectivity index (χ0n) is 12.9. The van der Waals surface area contributed by atoms with Gasteiger partial charge >= 0.3 is 0 Å². The minimum absolute atomic E-state index is 0.0596. The molecule has 0 aromatic carbocycles. The Bertz CT molecular complexity index is 217. The minimum Gasteiger partial charge on any atom is -0.393 e. The quantitative estimate of drug-likeness (QED) is 0.752. The molecule has 2 heteroatoms. The molecular weight excluding hydrogens is 222 g/mol. The fourth-order valence-electron chi connectivity index (χ4n) is 3.18. The third-order valence-corrected chi connectivity index (χ3v) is 4.69. The van der Waals surface area contributed by atoms with Crippen molar-refractivity contribution in [2.45, 2.75) is 65.9 Å². The van der Waals surface area contributed by atoms with Crippen LogP contribution in [0.3, 0.4) is 0 Å². The van der Waals surface area contributed by atoms with Gasteiger partial charge in [-0.2, -0.15) is 0 Å². The molecule has 2 nitrogen and oxygen atoms in total. The summed E-state index contributed by atoms with van der Waals surface area (Å²) in [5.74, 6) is 2.09. The number of nitrogens with zero attached hydrogens (tertiary/aromatic N) is 1. The van der Waals surface area contributed by atoms with Crippen molar-refractivity contribution in [1.29, 1.82) is 0 Å². The molecule has 0 bridgehead atoms. The lowest BCUT2D eigenvalue weighted by atomic mass is 9.74. The Morgan fingerprint density at radius 3 is 2.50 bits per heavy atom. The topological polar surface area (TPSA) is 23.5 Å². The first-order chi connectivity index (χ1) is 8.58. The minimum atomic E-state index is -0.0596. The van der Waals surface area contributed by atoms with Crippen molar-refractivity contribution >= 4 is 0 Å². The summed E-state index contributed by atoms with van der Waals surface area (Å²) in [7, 11) is 0. The maximum atomic E-state index is 10.2. The second-order valence-electron chi connectivity index (χ2n) is 6.39. The Hall–Kier alpha value is -0.0800. The molecule has 1 fully saturated rings. The van der Waals surface area contributed by atoms with E-state index in [1.54, 1.807) is 0 Å². The molecule has 18 heavy (non-hydrogen) atoms. The van der Waals surface area contributed by atoms with E-state index in [0.717, 1.165) is 31.3 Å². The van der Waals surface area contributed by atoms with E-state index in [9.17, 15) is 5.11 Å². The smallest absolute Gasteiger partial charge is 0.0580 e. The van der Waals surface area contributed by atoms with Crippen molar-refractivity contribution in [3.8, 4) is 0 Å². The van der Waals surface area contributed by atoms with Gasteiger partial charge in [-0.1, -0.05) is 34.1 Å². The van der Waals surface area contributed by atoms with Gasteiger partial charge in [-0.15, -0.1) is 0 Å². The van der Waals surface area contributed by atoms with Crippen LogP contribution in [0.25, 0.3) is 0 Å². The van der Waals surface area contributed by atoms with Gasteiger partial charge in [-0.3, -0.25) is 0 Å². The summed E-state index contributed by atoms with van der Waals surface area (Å²) in [6.07, 6.45) is 5.94. The van der Waals surface area contributed by atoms with Crippen molar-refractivity contribution in [3.63, 3.8) is 0 Å². The van der Waals surface area contributed by atoms with Crippen LogP contribution in [0.15, 0.2) is 0 Å². The van der Waals surface area contributed by atoms with Gasteiger partial charge in [0.2, 0.25) is 0 Å². The van der Waals surface area contributed by atoms with Gasteiger partial charge in [0.1, 0.15) is 0 Å². The maximum Gasteiger partial charge on any atom is 0.0580 e. The van der Waals surface area contributed by atoms with Crippen molar-refractivity contribution in [3.05, 3.63) is 0 Å². The summed E-state index contributed by atoms with van der Waals surface area (Å²) in [6.45, 7) is 12.6. The SMILES string of the molecule is CCCCN(CC)CC1CC(C(C)C)CCC1O. The molecule has 108 valence electrons. The van der Waals surface area contributed by atoms with Gasteiger partial charge in [-0.05, 0) is 56.5 Å². The second kappa shape index (κ2) is 8.16.